The predicted molar refractivity (Wildman–Crippen MR) is 65.3 cm³/mol. The molecular weight excluding hydrogens is 186 g/mol. The van der Waals surface area contributed by atoms with Crippen LogP contribution in [-0.2, 0) is 6.54 Å². The largest absolute Gasteiger partial charge is 0.373 e. The van der Waals surface area contributed by atoms with Crippen molar-refractivity contribution in [3.8, 4) is 0 Å². The lowest BCUT2D eigenvalue weighted by Gasteiger charge is -2.11. The van der Waals surface area contributed by atoms with Crippen LogP contribution in [0.1, 0.15) is 37.9 Å². The van der Waals surface area contributed by atoms with Crippen LogP contribution < -0.4 is 10.6 Å². The molecule has 0 saturated heterocycles. The molecule has 0 spiro atoms. The first kappa shape index (κ1) is 12.0. The summed E-state index contributed by atoms with van der Waals surface area (Å²) in [7, 11) is 1.91. The van der Waals surface area contributed by atoms with Gasteiger partial charge in [0.15, 0.2) is 0 Å². The zero-order chi connectivity index (χ0) is 11.3. The Bertz CT molecular complexity index is 308. The van der Waals surface area contributed by atoms with Crippen molar-refractivity contribution in [2.75, 3.05) is 18.9 Å². The Morgan fingerprint density at radius 3 is 2.60 bits per heavy atom. The molecule has 15 heavy (non-hydrogen) atoms. The van der Waals surface area contributed by atoms with E-state index in [9.17, 15) is 0 Å². The molecule has 0 saturated carbocycles. The Kier molecular flexibility index (Phi) is 4.56. The van der Waals surface area contributed by atoms with Gasteiger partial charge in [0.05, 0.1) is 0 Å². The third-order valence-corrected chi connectivity index (χ3v) is 2.33. The standard InChI is InChI=1S/C12H21N3/c1-5-14-8-10-6-11(9(2)3)15-12(7-10)13-4/h6-7,9,14H,5,8H2,1-4H3,(H,13,15). The minimum atomic E-state index is 0.471. The third-order valence-electron chi connectivity index (χ3n) is 2.33. The highest BCUT2D eigenvalue weighted by Crippen LogP contribution is 2.17. The monoisotopic (exact) mass is 207 g/mol. The molecule has 0 aromatic carbocycles. The molecule has 0 aliphatic carbocycles. The Balaban J connectivity index is 2.90. The van der Waals surface area contributed by atoms with E-state index in [1.54, 1.807) is 0 Å². The molecule has 1 aromatic rings. The highest BCUT2D eigenvalue weighted by molar-refractivity contribution is 5.39. The van der Waals surface area contributed by atoms with Crippen molar-refractivity contribution in [2.24, 2.45) is 0 Å². The van der Waals surface area contributed by atoms with Gasteiger partial charge < -0.3 is 10.6 Å². The van der Waals surface area contributed by atoms with Crippen LogP contribution in [0.5, 0.6) is 0 Å². The van der Waals surface area contributed by atoms with Crippen LogP contribution in [0.3, 0.4) is 0 Å². The van der Waals surface area contributed by atoms with Crippen LogP contribution in [-0.4, -0.2) is 18.6 Å². The van der Waals surface area contributed by atoms with E-state index in [4.69, 9.17) is 0 Å². The normalized spacial score (nSPS) is 10.7. The molecule has 1 rings (SSSR count). The quantitative estimate of drug-likeness (QED) is 0.778. The fourth-order valence-corrected chi connectivity index (χ4v) is 1.41. The second kappa shape index (κ2) is 5.71. The zero-order valence-corrected chi connectivity index (χ0v) is 10.1. The van der Waals surface area contributed by atoms with Gasteiger partial charge in [-0.05, 0) is 30.2 Å². The molecule has 2 N–H and O–H groups in total. The minimum absolute atomic E-state index is 0.471. The minimum Gasteiger partial charge on any atom is -0.373 e. The average molecular weight is 207 g/mol. The van der Waals surface area contributed by atoms with E-state index in [0.717, 1.165) is 24.6 Å². The SMILES string of the molecule is CCNCc1cc(NC)nc(C(C)C)c1. The van der Waals surface area contributed by atoms with Gasteiger partial charge in [-0.15, -0.1) is 0 Å². The number of anilines is 1. The van der Waals surface area contributed by atoms with Crippen molar-refractivity contribution in [3.63, 3.8) is 0 Å². The summed E-state index contributed by atoms with van der Waals surface area (Å²) in [6, 6.07) is 4.27. The molecule has 0 aliphatic heterocycles. The lowest BCUT2D eigenvalue weighted by atomic mass is 10.1. The number of pyridine rings is 1. The van der Waals surface area contributed by atoms with E-state index in [1.807, 2.05) is 7.05 Å². The summed E-state index contributed by atoms with van der Waals surface area (Å²) >= 11 is 0. The lowest BCUT2D eigenvalue weighted by Crippen LogP contribution is -2.13. The summed E-state index contributed by atoms with van der Waals surface area (Å²) in [6.07, 6.45) is 0. The van der Waals surface area contributed by atoms with E-state index in [0.29, 0.717) is 5.92 Å². The van der Waals surface area contributed by atoms with E-state index in [1.165, 1.54) is 5.56 Å². The summed E-state index contributed by atoms with van der Waals surface area (Å²) in [5.74, 6) is 1.42. The second-order valence-corrected chi connectivity index (χ2v) is 3.97. The smallest absolute Gasteiger partial charge is 0.126 e. The Labute approximate surface area is 92.3 Å². The van der Waals surface area contributed by atoms with E-state index in [2.05, 4.69) is 48.5 Å². The van der Waals surface area contributed by atoms with E-state index < -0.39 is 0 Å². The van der Waals surface area contributed by atoms with Gasteiger partial charge in [0.2, 0.25) is 0 Å². The third kappa shape index (κ3) is 3.51. The highest BCUT2D eigenvalue weighted by atomic mass is 15.0. The summed E-state index contributed by atoms with van der Waals surface area (Å²) in [5, 5.41) is 6.43. The maximum atomic E-state index is 4.52. The van der Waals surface area contributed by atoms with Crippen molar-refractivity contribution in [3.05, 3.63) is 23.4 Å². The molecular formula is C12H21N3. The van der Waals surface area contributed by atoms with Gasteiger partial charge in [0.25, 0.3) is 0 Å². The lowest BCUT2D eigenvalue weighted by molar-refractivity contribution is 0.721. The van der Waals surface area contributed by atoms with Crippen molar-refractivity contribution >= 4 is 5.82 Å². The Morgan fingerprint density at radius 1 is 1.33 bits per heavy atom. The summed E-state index contributed by atoms with van der Waals surface area (Å²) in [6.45, 7) is 8.35. The van der Waals surface area contributed by atoms with Gasteiger partial charge in [-0.2, -0.15) is 0 Å². The average Bonchev–Trinajstić information content (AvgIpc) is 2.25. The highest BCUT2D eigenvalue weighted by Gasteiger charge is 2.04. The van der Waals surface area contributed by atoms with Crippen LogP contribution in [0.2, 0.25) is 0 Å². The number of aromatic nitrogens is 1. The molecule has 0 radical (unpaired) electrons. The Hall–Kier alpha value is -1.09. The Morgan fingerprint density at radius 2 is 2.07 bits per heavy atom. The number of nitrogens with zero attached hydrogens (tertiary/aromatic N) is 1. The fourth-order valence-electron chi connectivity index (χ4n) is 1.41. The summed E-state index contributed by atoms with van der Waals surface area (Å²) in [5.41, 5.74) is 2.44. The molecule has 3 nitrogen and oxygen atoms in total. The van der Waals surface area contributed by atoms with Crippen molar-refractivity contribution in [2.45, 2.75) is 33.2 Å². The first-order valence-electron chi connectivity index (χ1n) is 5.56. The van der Waals surface area contributed by atoms with E-state index in [-0.39, 0.29) is 0 Å². The van der Waals surface area contributed by atoms with Crippen molar-refractivity contribution in [1.29, 1.82) is 0 Å². The molecule has 0 unspecified atom stereocenters. The summed E-state index contributed by atoms with van der Waals surface area (Å²) < 4.78 is 0. The van der Waals surface area contributed by atoms with Gasteiger partial charge in [0, 0.05) is 19.3 Å². The van der Waals surface area contributed by atoms with E-state index >= 15 is 0 Å². The molecule has 84 valence electrons. The topological polar surface area (TPSA) is 37.0 Å². The second-order valence-electron chi connectivity index (χ2n) is 3.97. The van der Waals surface area contributed by atoms with Gasteiger partial charge in [-0.3, -0.25) is 0 Å². The molecule has 0 atom stereocenters. The molecule has 0 fully saturated rings. The zero-order valence-electron chi connectivity index (χ0n) is 10.1. The molecule has 0 bridgehead atoms. The molecule has 1 aromatic heterocycles. The maximum Gasteiger partial charge on any atom is 0.126 e. The fraction of sp³-hybridized carbons (Fsp3) is 0.583. The van der Waals surface area contributed by atoms with Crippen LogP contribution >= 0.6 is 0 Å². The van der Waals surface area contributed by atoms with Crippen LogP contribution in [0, 0.1) is 0 Å². The summed E-state index contributed by atoms with van der Waals surface area (Å²) in [4.78, 5) is 4.52. The molecule has 3 heteroatoms. The van der Waals surface area contributed by atoms with Gasteiger partial charge >= 0.3 is 0 Å². The first-order valence-corrected chi connectivity index (χ1v) is 5.56. The molecule has 0 aliphatic rings. The van der Waals surface area contributed by atoms with Gasteiger partial charge in [-0.1, -0.05) is 20.8 Å². The van der Waals surface area contributed by atoms with Crippen molar-refractivity contribution in [1.82, 2.24) is 10.3 Å². The van der Waals surface area contributed by atoms with Crippen LogP contribution in [0.4, 0.5) is 5.82 Å². The van der Waals surface area contributed by atoms with Crippen molar-refractivity contribution < 1.29 is 0 Å². The molecule has 1 heterocycles. The number of rotatable bonds is 5. The first-order chi connectivity index (χ1) is 7.17. The molecule has 0 amide bonds. The number of hydrogen-bond donors (Lipinski definition) is 2. The predicted octanol–water partition coefficient (Wildman–Crippen LogP) is 2.36. The van der Waals surface area contributed by atoms with Gasteiger partial charge in [-0.25, -0.2) is 4.98 Å². The van der Waals surface area contributed by atoms with Gasteiger partial charge in [0.1, 0.15) is 5.82 Å². The van der Waals surface area contributed by atoms with Crippen LogP contribution in [0.15, 0.2) is 12.1 Å². The maximum absolute atomic E-state index is 4.52. The van der Waals surface area contributed by atoms with Crippen LogP contribution in [0.25, 0.3) is 0 Å². The number of hydrogen-bond acceptors (Lipinski definition) is 3. The number of nitrogens with one attached hydrogen (secondary N) is 2.